The summed E-state index contributed by atoms with van der Waals surface area (Å²) >= 11 is 0. The molecule has 1 N–H and O–H groups in total. The van der Waals surface area contributed by atoms with Crippen molar-refractivity contribution in [1.29, 1.82) is 0 Å². The molecule has 2 bridgehead atoms. The van der Waals surface area contributed by atoms with Gasteiger partial charge in [-0.05, 0) is 44.1 Å². The zero-order chi connectivity index (χ0) is 21.6. The smallest absolute Gasteiger partial charge is 0.260 e. The molecule has 0 radical (unpaired) electrons. The summed E-state index contributed by atoms with van der Waals surface area (Å²) in [6, 6.07) is 1.71. The summed E-state index contributed by atoms with van der Waals surface area (Å²) in [5.74, 6) is -2.07. The lowest BCUT2D eigenvalue weighted by molar-refractivity contribution is -0.144. The fourth-order valence-corrected chi connectivity index (χ4v) is 5.50. The molecule has 2 saturated heterocycles. The van der Waals surface area contributed by atoms with Crippen LogP contribution in [0.5, 0.6) is 5.75 Å². The minimum atomic E-state index is -0.793. The van der Waals surface area contributed by atoms with Crippen molar-refractivity contribution >= 4 is 11.8 Å². The number of amides is 2. The van der Waals surface area contributed by atoms with E-state index in [-0.39, 0.29) is 49.4 Å². The van der Waals surface area contributed by atoms with Crippen molar-refractivity contribution in [3.8, 4) is 5.75 Å². The average molecular weight is 436 g/mol. The fourth-order valence-electron chi connectivity index (χ4n) is 5.50. The van der Waals surface area contributed by atoms with Crippen molar-refractivity contribution in [3.05, 3.63) is 29.3 Å². The molecule has 5 aliphatic rings. The van der Waals surface area contributed by atoms with Crippen molar-refractivity contribution in [2.24, 2.45) is 0 Å². The van der Waals surface area contributed by atoms with Gasteiger partial charge in [-0.3, -0.25) is 9.59 Å². The molecule has 0 aromatic heterocycles. The van der Waals surface area contributed by atoms with Crippen LogP contribution in [0.25, 0.3) is 0 Å². The molecule has 1 saturated carbocycles. The molecule has 1 aliphatic carbocycles. The summed E-state index contributed by atoms with van der Waals surface area (Å²) in [4.78, 5) is 26.8. The molecule has 2 amide bonds. The molecule has 31 heavy (non-hydrogen) atoms. The first-order valence-electron chi connectivity index (χ1n) is 10.9. The number of halogens is 2. The summed E-state index contributed by atoms with van der Waals surface area (Å²) in [6.07, 6.45) is 3.47. The fraction of sp³-hybridized carbons (Fsp3) is 0.636. The average Bonchev–Trinajstić information content (AvgIpc) is 3.08. The largest absolute Gasteiger partial charge is 0.480 e. The van der Waals surface area contributed by atoms with E-state index in [1.807, 2.05) is 0 Å². The van der Waals surface area contributed by atoms with E-state index in [0.717, 1.165) is 31.7 Å². The van der Waals surface area contributed by atoms with Crippen LogP contribution in [0.1, 0.15) is 43.6 Å². The number of hydrogen-bond acceptors (Lipinski definition) is 5. The Morgan fingerprint density at radius 3 is 2.68 bits per heavy atom. The van der Waals surface area contributed by atoms with Crippen LogP contribution in [0.2, 0.25) is 0 Å². The predicted molar refractivity (Wildman–Crippen MR) is 105 cm³/mol. The van der Waals surface area contributed by atoms with Crippen LogP contribution in [-0.2, 0) is 19.1 Å². The quantitative estimate of drug-likeness (QED) is 0.672. The highest BCUT2D eigenvalue weighted by molar-refractivity contribution is 5.81. The van der Waals surface area contributed by atoms with Gasteiger partial charge in [-0.15, -0.1) is 0 Å². The van der Waals surface area contributed by atoms with Crippen LogP contribution in [0, 0.1) is 11.6 Å². The van der Waals surface area contributed by atoms with Gasteiger partial charge >= 0.3 is 0 Å². The van der Waals surface area contributed by atoms with Crippen LogP contribution < -0.4 is 10.1 Å². The number of nitrogens with zero attached hydrogens (tertiary/aromatic N) is 1. The zero-order valence-electron chi connectivity index (χ0n) is 17.2. The molecule has 2 atom stereocenters. The third kappa shape index (κ3) is 3.78. The van der Waals surface area contributed by atoms with Gasteiger partial charge in [-0.2, -0.15) is 0 Å². The second-order valence-electron chi connectivity index (χ2n) is 8.95. The zero-order valence-corrected chi connectivity index (χ0v) is 17.2. The molecule has 3 fully saturated rings. The van der Waals surface area contributed by atoms with E-state index in [2.05, 4.69) is 5.32 Å². The highest BCUT2D eigenvalue weighted by Crippen LogP contribution is 2.41. The van der Waals surface area contributed by atoms with Crippen molar-refractivity contribution in [2.45, 2.75) is 55.7 Å². The Balaban J connectivity index is 1.47. The lowest BCUT2D eigenvalue weighted by atomic mass is 9.82. The van der Waals surface area contributed by atoms with E-state index in [1.54, 1.807) is 4.90 Å². The van der Waals surface area contributed by atoms with E-state index >= 15 is 0 Å². The minimum Gasteiger partial charge on any atom is -0.480 e. The maximum Gasteiger partial charge on any atom is 0.260 e. The molecule has 7 nitrogen and oxygen atoms in total. The maximum atomic E-state index is 14.6. The Labute approximate surface area is 179 Å². The van der Waals surface area contributed by atoms with E-state index in [4.69, 9.17) is 14.2 Å². The number of hydrogen-bond donors (Lipinski definition) is 1. The van der Waals surface area contributed by atoms with Gasteiger partial charge in [0.1, 0.15) is 12.4 Å². The van der Waals surface area contributed by atoms with E-state index in [1.165, 1.54) is 6.07 Å². The van der Waals surface area contributed by atoms with Gasteiger partial charge in [-0.1, -0.05) is 0 Å². The molecule has 1 spiro atoms. The molecule has 4 heterocycles. The SMILES string of the molecule is O=C1COCC2(CCN3C(=O)COc4c(F)cc(F)cc4C4CCC(CC4)OCC32)N1. The molecule has 1 aromatic carbocycles. The third-order valence-electron chi connectivity index (χ3n) is 7.10. The van der Waals surface area contributed by atoms with Gasteiger partial charge in [0.2, 0.25) is 5.91 Å². The Hall–Kier alpha value is -2.26. The monoisotopic (exact) mass is 436 g/mol. The van der Waals surface area contributed by atoms with Gasteiger partial charge in [0.15, 0.2) is 18.2 Å². The first kappa shape index (κ1) is 20.6. The van der Waals surface area contributed by atoms with Crippen LogP contribution in [-0.4, -0.2) is 67.4 Å². The third-order valence-corrected chi connectivity index (χ3v) is 7.10. The van der Waals surface area contributed by atoms with Crippen molar-refractivity contribution in [1.82, 2.24) is 10.2 Å². The number of carbonyl (C=O) groups excluding carboxylic acids is 2. The highest BCUT2D eigenvalue weighted by atomic mass is 19.1. The molecule has 1 aromatic rings. The normalized spacial score (nSPS) is 33.6. The standard InChI is InChI=1S/C22H26F2N2O5/c23-14-7-16-13-1-3-15(4-2-13)30-9-18-22(12-29-10-19(27)25-22)5-6-26(18)20(28)11-31-21(16)17(24)8-14/h7-8,13,15,18H,1-6,9-12H2,(H,25,27). The van der Waals surface area contributed by atoms with Crippen molar-refractivity contribution < 1.29 is 32.6 Å². The van der Waals surface area contributed by atoms with Gasteiger partial charge < -0.3 is 24.4 Å². The topological polar surface area (TPSA) is 77.1 Å². The Morgan fingerprint density at radius 1 is 1.10 bits per heavy atom. The summed E-state index contributed by atoms with van der Waals surface area (Å²) in [5, 5.41) is 3.03. The number of carbonyl (C=O) groups is 2. The van der Waals surface area contributed by atoms with Gasteiger partial charge in [0.25, 0.3) is 5.91 Å². The van der Waals surface area contributed by atoms with Crippen molar-refractivity contribution in [3.63, 3.8) is 0 Å². The van der Waals surface area contributed by atoms with E-state index in [9.17, 15) is 18.4 Å². The number of fused-ring (bicyclic) bond motifs is 5. The summed E-state index contributed by atoms with van der Waals surface area (Å²) in [6.45, 7) is 0.629. The summed E-state index contributed by atoms with van der Waals surface area (Å²) < 4.78 is 45.9. The number of rotatable bonds is 0. The second-order valence-corrected chi connectivity index (χ2v) is 8.95. The minimum absolute atomic E-state index is 0.00299. The van der Waals surface area contributed by atoms with Crippen LogP contribution >= 0.6 is 0 Å². The predicted octanol–water partition coefficient (Wildman–Crippen LogP) is 1.89. The Morgan fingerprint density at radius 2 is 1.90 bits per heavy atom. The first-order chi connectivity index (χ1) is 14.9. The van der Waals surface area contributed by atoms with E-state index < -0.39 is 23.2 Å². The molecular weight excluding hydrogens is 410 g/mol. The van der Waals surface area contributed by atoms with Gasteiger partial charge in [0, 0.05) is 18.2 Å². The maximum absolute atomic E-state index is 14.6. The van der Waals surface area contributed by atoms with Crippen LogP contribution in [0.15, 0.2) is 12.1 Å². The Bertz CT molecular complexity index is 889. The number of benzene rings is 1. The highest BCUT2D eigenvalue weighted by Gasteiger charge is 2.52. The molecule has 2 unspecified atom stereocenters. The van der Waals surface area contributed by atoms with Crippen LogP contribution in [0.4, 0.5) is 8.78 Å². The van der Waals surface area contributed by atoms with Crippen LogP contribution in [0.3, 0.4) is 0 Å². The molecule has 9 heteroatoms. The van der Waals surface area contributed by atoms with Gasteiger partial charge in [0.05, 0.1) is 30.9 Å². The van der Waals surface area contributed by atoms with Crippen molar-refractivity contribution in [2.75, 3.05) is 33.0 Å². The van der Waals surface area contributed by atoms with E-state index in [0.29, 0.717) is 25.1 Å². The first-order valence-corrected chi connectivity index (χ1v) is 10.9. The second kappa shape index (κ2) is 8.02. The Kier molecular flexibility index (Phi) is 5.34. The number of morpholine rings is 1. The number of ether oxygens (including phenoxy) is 3. The summed E-state index contributed by atoms with van der Waals surface area (Å²) in [5.41, 5.74) is -0.223. The lowest BCUT2D eigenvalue weighted by Crippen LogP contribution is -2.65. The molecule has 4 aliphatic heterocycles. The molecule has 168 valence electrons. The lowest BCUT2D eigenvalue weighted by Gasteiger charge is -2.41. The summed E-state index contributed by atoms with van der Waals surface area (Å²) in [7, 11) is 0. The number of nitrogens with one attached hydrogen (secondary N) is 1. The molecule has 6 rings (SSSR count). The van der Waals surface area contributed by atoms with Gasteiger partial charge in [-0.25, -0.2) is 8.78 Å². The molecular formula is C22H26F2N2O5.